The summed E-state index contributed by atoms with van der Waals surface area (Å²) in [6.07, 6.45) is 0.817. The van der Waals surface area contributed by atoms with E-state index in [4.69, 9.17) is 4.74 Å². The van der Waals surface area contributed by atoms with Crippen molar-refractivity contribution in [3.63, 3.8) is 0 Å². The van der Waals surface area contributed by atoms with E-state index >= 15 is 0 Å². The molecule has 0 amide bonds. The van der Waals surface area contributed by atoms with E-state index in [-0.39, 0.29) is 23.6 Å². The van der Waals surface area contributed by atoms with Crippen LogP contribution in [0.1, 0.15) is 49.7 Å². The summed E-state index contributed by atoms with van der Waals surface area (Å²) in [7, 11) is 1.38. The number of aromatic hydroxyl groups is 1. The number of aromatic nitrogens is 3. The number of benzene rings is 1. The first-order chi connectivity index (χ1) is 11.1. The molecule has 2 rings (SSSR count). The van der Waals surface area contributed by atoms with Crippen molar-refractivity contribution in [2.24, 2.45) is 0 Å². The molecule has 2 aromatic rings. The fraction of sp³-hybridized carbons (Fsp3) is 0.500. The number of phenolic OH excluding ortho intramolecular Hbond substituents is 1. The molecule has 1 heterocycles. The van der Waals surface area contributed by atoms with Crippen molar-refractivity contribution >= 4 is 5.97 Å². The molecule has 0 bridgehead atoms. The minimum atomic E-state index is -0.258. The zero-order valence-corrected chi connectivity index (χ0v) is 15.2. The number of carbonyl (C=O) groups is 1. The van der Waals surface area contributed by atoms with Crippen LogP contribution in [-0.4, -0.2) is 33.2 Å². The fourth-order valence-corrected chi connectivity index (χ4v) is 2.45. The van der Waals surface area contributed by atoms with Gasteiger partial charge in [0, 0.05) is 12.0 Å². The molecule has 0 aliphatic carbocycles. The highest BCUT2D eigenvalue weighted by Gasteiger charge is 2.23. The van der Waals surface area contributed by atoms with Crippen molar-refractivity contribution in [1.82, 2.24) is 15.0 Å². The van der Waals surface area contributed by atoms with Crippen LogP contribution in [0.25, 0.3) is 5.69 Å². The van der Waals surface area contributed by atoms with Gasteiger partial charge in [-0.3, -0.25) is 4.79 Å². The van der Waals surface area contributed by atoms with E-state index in [9.17, 15) is 9.90 Å². The second-order valence-corrected chi connectivity index (χ2v) is 7.00. The maximum atomic E-state index is 11.4. The summed E-state index contributed by atoms with van der Waals surface area (Å²) < 4.78 is 4.71. The molecule has 0 fully saturated rings. The van der Waals surface area contributed by atoms with E-state index in [0.717, 1.165) is 22.5 Å². The number of nitrogens with zero attached hydrogens (tertiary/aromatic N) is 3. The lowest BCUT2D eigenvalue weighted by molar-refractivity contribution is -0.140. The number of methoxy groups -OCH3 is 1. The Morgan fingerprint density at radius 2 is 1.79 bits per heavy atom. The van der Waals surface area contributed by atoms with Crippen LogP contribution in [0.3, 0.4) is 0 Å². The topological polar surface area (TPSA) is 77.2 Å². The average molecular weight is 331 g/mol. The predicted octanol–water partition coefficient (Wildman–Crippen LogP) is 2.99. The van der Waals surface area contributed by atoms with E-state index in [1.165, 1.54) is 11.9 Å². The van der Waals surface area contributed by atoms with Gasteiger partial charge in [0.05, 0.1) is 18.5 Å². The van der Waals surface area contributed by atoms with E-state index in [2.05, 4.69) is 10.2 Å². The standard InChI is InChI=1S/C18H25N3O3/c1-11-12(2)20-21(19-11)15-10-13(7-8-16(22)24-6)9-14(17(15)23)18(3,4)5/h9-10,23H,7-8H2,1-6H3. The zero-order chi connectivity index (χ0) is 18.1. The molecule has 0 saturated heterocycles. The molecule has 0 spiro atoms. The third-order valence-electron chi connectivity index (χ3n) is 4.03. The lowest BCUT2D eigenvalue weighted by Gasteiger charge is -2.23. The van der Waals surface area contributed by atoms with Gasteiger partial charge in [0.15, 0.2) is 0 Å². The van der Waals surface area contributed by atoms with Gasteiger partial charge in [0.1, 0.15) is 11.4 Å². The summed E-state index contributed by atoms with van der Waals surface area (Å²) in [4.78, 5) is 12.9. The zero-order valence-electron chi connectivity index (χ0n) is 15.2. The molecule has 0 atom stereocenters. The normalized spacial score (nSPS) is 11.6. The van der Waals surface area contributed by atoms with Crippen molar-refractivity contribution in [3.8, 4) is 11.4 Å². The van der Waals surface area contributed by atoms with Gasteiger partial charge in [-0.05, 0) is 37.3 Å². The Morgan fingerprint density at radius 1 is 1.21 bits per heavy atom. The summed E-state index contributed by atoms with van der Waals surface area (Å²) in [5.41, 5.74) is 3.63. The number of hydrogen-bond donors (Lipinski definition) is 1. The highest BCUT2D eigenvalue weighted by molar-refractivity contribution is 5.69. The van der Waals surface area contributed by atoms with Gasteiger partial charge < -0.3 is 9.84 Å². The monoisotopic (exact) mass is 331 g/mol. The minimum Gasteiger partial charge on any atom is -0.505 e. The first kappa shape index (κ1) is 18.0. The largest absolute Gasteiger partial charge is 0.505 e. The first-order valence-electron chi connectivity index (χ1n) is 7.97. The summed E-state index contributed by atoms with van der Waals surface area (Å²) in [6.45, 7) is 9.85. The summed E-state index contributed by atoms with van der Waals surface area (Å²) >= 11 is 0. The third-order valence-corrected chi connectivity index (χ3v) is 4.03. The Balaban J connectivity index is 2.54. The minimum absolute atomic E-state index is 0.166. The quantitative estimate of drug-likeness (QED) is 0.872. The van der Waals surface area contributed by atoms with Gasteiger partial charge in [0.2, 0.25) is 0 Å². The van der Waals surface area contributed by atoms with Gasteiger partial charge >= 0.3 is 5.97 Å². The van der Waals surface area contributed by atoms with Crippen LogP contribution >= 0.6 is 0 Å². The molecular weight excluding hydrogens is 306 g/mol. The number of hydrogen-bond acceptors (Lipinski definition) is 5. The van der Waals surface area contributed by atoms with Gasteiger partial charge in [-0.25, -0.2) is 0 Å². The SMILES string of the molecule is COC(=O)CCc1cc(-n2nc(C)c(C)n2)c(O)c(C(C)(C)C)c1. The maximum absolute atomic E-state index is 11.4. The van der Waals surface area contributed by atoms with Crippen molar-refractivity contribution < 1.29 is 14.6 Å². The Morgan fingerprint density at radius 3 is 2.29 bits per heavy atom. The Labute approximate surface area is 142 Å². The smallest absolute Gasteiger partial charge is 0.305 e. The Hall–Kier alpha value is -2.37. The number of aryl methyl sites for hydroxylation is 3. The second kappa shape index (κ2) is 6.63. The fourth-order valence-electron chi connectivity index (χ4n) is 2.45. The Kier molecular flexibility index (Phi) is 4.96. The third kappa shape index (κ3) is 3.75. The average Bonchev–Trinajstić information content (AvgIpc) is 2.83. The molecule has 24 heavy (non-hydrogen) atoms. The molecule has 0 aliphatic heterocycles. The summed E-state index contributed by atoms with van der Waals surface area (Å²) in [5.74, 6) is -0.0924. The van der Waals surface area contributed by atoms with E-state index < -0.39 is 0 Å². The number of rotatable bonds is 4. The van der Waals surface area contributed by atoms with Crippen LogP contribution in [0.15, 0.2) is 12.1 Å². The van der Waals surface area contributed by atoms with Crippen LogP contribution in [0.5, 0.6) is 5.75 Å². The van der Waals surface area contributed by atoms with E-state index in [1.54, 1.807) is 0 Å². The molecule has 0 aliphatic rings. The number of phenols is 1. The molecule has 0 saturated carbocycles. The van der Waals surface area contributed by atoms with Crippen molar-refractivity contribution in [3.05, 3.63) is 34.6 Å². The van der Waals surface area contributed by atoms with Gasteiger partial charge in [-0.2, -0.15) is 10.2 Å². The molecule has 6 heteroatoms. The van der Waals surface area contributed by atoms with Gasteiger partial charge in [-0.1, -0.05) is 26.8 Å². The van der Waals surface area contributed by atoms with Crippen LogP contribution in [0.4, 0.5) is 0 Å². The lowest BCUT2D eigenvalue weighted by atomic mass is 9.84. The molecule has 6 nitrogen and oxygen atoms in total. The number of carbonyl (C=O) groups excluding carboxylic acids is 1. The highest BCUT2D eigenvalue weighted by Crippen LogP contribution is 2.36. The highest BCUT2D eigenvalue weighted by atomic mass is 16.5. The van der Waals surface area contributed by atoms with Crippen LogP contribution in [-0.2, 0) is 21.4 Å². The molecule has 1 N–H and O–H groups in total. The first-order valence-corrected chi connectivity index (χ1v) is 7.97. The van der Waals surface area contributed by atoms with Gasteiger partial charge in [-0.15, -0.1) is 4.80 Å². The van der Waals surface area contributed by atoms with Crippen molar-refractivity contribution in [1.29, 1.82) is 0 Å². The van der Waals surface area contributed by atoms with Crippen molar-refractivity contribution in [2.75, 3.05) is 7.11 Å². The molecule has 1 aromatic heterocycles. The van der Waals surface area contributed by atoms with Crippen molar-refractivity contribution in [2.45, 2.75) is 52.9 Å². The lowest BCUT2D eigenvalue weighted by Crippen LogP contribution is -2.14. The second-order valence-electron chi connectivity index (χ2n) is 7.00. The molecule has 0 radical (unpaired) electrons. The summed E-state index contributed by atoms with van der Waals surface area (Å²) in [6, 6.07) is 3.76. The molecule has 1 aromatic carbocycles. The number of esters is 1. The predicted molar refractivity (Wildman–Crippen MR) is 91.5 cm³/mol. The van der Waals surface area contributed by atoms with Crippen LogP contribution in [0.2, 0.25) is 0 Å². The molecule has 130 valence electrons. The summed E-state index contributed by atoms with van der Waals surface area (Å²) in [5, 5.41) is 19.5. The van der Waals surface area contributed by atoms with Gasteiger partial charge in [0.25, 0.3) is 0 Å². The van der Waals surface area contributed by atoms with E-state index in [1.807, 2.05) is 46.8 Å². The molecular formula is C18H25N3O3. The number of ether oxygens (including phenoxy) is 1. The maximum Gasteiger partial charge on any atom is 0.305 e. The van der Waals surface area contributed by atoms with Crippen LogP contribution in [0, 0.1) is 13.8 Å². The molecule has 0 unspecified atom stereocenters. The van der Waals surface area contributed by atoms with Crippen LogP contribution < -0.4 is 0 Å². The van der Waals surface area contributed by atoms with E-state index in [0.29, 0.717) is 12.1 Å². The Bertz CT molecular complexity index is 738.